The van der Waals surface area contributed by atoms with Crippen molar-refractivity contribution < 1.29 is 18.0 Å². The quantitative estimate of drug-likeness (QED) is 0.649. The van der Waals surface area contributed by atoms with Gasteiger partial charge in [0, 0.05) is 23.5 Å². The molecule has 1 N–H and O–H groups in total. The number of thiophene rings is 1. The summed E-state index contributed by atoms with van der Waals surface area (Å²) in [6, 6.07) is 3.13. The van der Waals surface area contributed by atoms with E-state index in [4.69, 9.17) is 11.6 Å². The van der Waals surface area contributed by atoms with Gasteiger partial charge in [0.1, 0.15) is 4.83 Å². The summed E-state index contributed by atoms with van der Waals surface area (Å²) in [5, 5.41) is 2.47. The first-order valence-corrected chi connectivity index (χ1v) is 9.39. The van der Waals surface area contributed by atoms with Crippen molar-refractivity contribution >= 4 is 44.7 Å². The second-order valence-corrected chi connectivity index (χ2v) is 7.81. The van der Waals surface area contributed by atoms with Gasteiger partial charge in [0.2, 0.25) is 5.91 Å². The third-order valence-corrected chi connectivity index (χ3v) is 5.74. The van der Waals surface area contributed by atoms with Gasteiger partial charge in [0.05, 0.1) is 22.3 Å². The minimum absolute atomic E-state index is 0.0213. The number of fused-ring (bicyclic) bond motifs is 1. The Morgan fingerprint density at radius 3 is 2.71 bits per heavy atom. The van der Waals surface area contributed by atoms with Crippen LogP contribution in [0.25, 0.3) is 10.2 Å². The highest BCUT2D eigenvalue weighted by atomic mass is 35.5. The maximum absolute atomic E-state index is 12.9. The zero-order chi connectivity index (χ0) is 20.6. The lowest BCUT2D eigenvalue weighted by atomic mass is 10.2. The van der Waals surface area contributed by atoms with Crippen molar-refractivity contribution in [3.63, 3.8) is 0 Å². The average molecular weight is 430 g/mol. The highest BCUT2D eigenvalue weighted by Crippen LogP contribution is 2.36. The van der Waals surface area contributed by atoms with E-state index in [2.05, 4.69) is 10.3 Å². The predicted octanol–water partition coefficient (Wildman–Crippen LogP) is 4.78. The van der Waals surface area contributed by atoms with E-state index in [0.717, 1.165) is 22.6 Å². The molecule has 0 bridgehead atoms. The summed E-state index contributed by atoms with van der Waals surface area (Å²) in [7, 11) is 0. The molecule has 2 aromatic heterocycles. The number of rotatable bonds is 4. The van der Waals surface area contributed by atoms with Gasteiger partial charge in [-0.05, 0) is 37.6 Å². The van der Waals surface area contributed by atoms with E-state index in [1.807, 2.05) is 13.8 Å². The number of anilines is 1. The molecular weight excluding hydrogens is 415 g/mol. The van der Waals surface area contributed by atoms with Crippen LogP contribution in [-0.2, 0) is 17.5 Å². The van der Waals surface area contributed by atoms with Gasteiger partial charge in [-0.25, -0.2) is 4.98 Å². The number of benzene rings is 1. The van der Waals surface area contributed by atoms with E-state index in [1.54, 1.807) is 0 Å². The van der Waals surface area contributed by atoms with Crippen LogP contribution in [0, 0.1) is 13.8 Å². The average Bonchev–Trinajstić information content (AvgIpc) is 2.90. The Labute approximate surface area is 166 Å². The Morgan fingerprint density at radius 2 is 2.04 bits per heavy atom. The minimum atomic E-state index is -4.62. The molecule has 0 atom stereocenters. The van der Waals surface area contributed by atoms with Gasteiger partial charge in [0.15, 0.2) is 0 Å². The van der Waals surface area contributed by atoms with Crippen molar-refractivity contribution in [2.24, 2.45) is 0 Å². The largest absolute Gasteiger partial charge is 0.417 e. The Hall–Kier alpha value is -2.39. The van der Waals surface area contributed by atoms with E-state index in [9.17, 15) is 22.8 Å². The first kappa shape index (κ1) is 20.3. The fraction of sp³-hybridized carbons (Fsp3) is 0.278. The Kier molecular flexibility index (Phi) is 5.49. The number of hydrogen-bond donors (Lipinski definition) is 1. The normalized spacial score (nSPS) is 11.8. The highest BCUT2D eigenvalue weighted by molar-refractivity contribution is 7.18. The standard InChI is InChI=1S/C18H15ClF3N3O2S/c1-9-10(2)28-16-15(9)17(27)25(8-23-16)6-5-14(26)24-11-3-4-13(19)12(7-11)18(20,21)22/h3-4,7-8H,5-6H2,1-2H3,(H,24,26). The number of halogens is 4. The smallest absolute Gasteiger partial charge is 0.326 e. The molecular formula is C18H15ClF3N3O2S. The Morgan fingerprint density at radius 1 is 1.32 bits per heavy atom. The van der Waals surface area contributed by atoms with Crippen molar-refractivity contribution in [3.05, 3.63) is 55.9 Å². The van der Waals surface area contributed by atoms with Crippen LogP contribution in [0.2, 0.25) is 5.02 Å². The van der Waals surface area contributed by atoms with Gasteiger partial charge >= 0.3 is 6.18 Å². The molecule has 0 radical (unpaired) electrons. The summed E-state index contributed by atoms with van der Waals surface area (Å²) in [5.41, 5.74) is -0.435. The summed E-state index contributed by atoms with van der Waals surface area (Å²) in [4.78, 5) is 30.6. The van der Waals surface area contributed by atoms with Crippen LogP contribution < -0.4 is 10.9 Å². The van der Waals surface area contributed by atoms with Crippen molar-refractivity contribution in [1.82, 2.24) is 9.55 Å². The molecule has 3 aromatic rings. The van der Waals surface area contributed by atoms with Gasteiger partial charge in [-0.2, -0.15) is 13.2 Å². The minimum Gasteiger partial charge on any atom is -0.326 e. The molecule has 3 rings (SSSR count). The molecule has 0 unspecified atom stereocenters. The van der Waals surface area contributed by atoms with E-state index in [1.165, 1.54) is 28.3 Å². The number of aromatic nitrogens is 2. The molecule has 0 saturated carbocycles. The number of carbonyl (C=O) groups is 1. The van der Waals surface area contributed by atoms with Crippen LogP contribution >= 0.6 is 22.9 Å². The van der Waals surface area contributed by atoms with E-state index in [-0.39, 0.29) is 24.2 Å². The Balaban J connectivity index is 1.73. The van der Waals surface area contributed by atoms with E-state index >= 15 is 0 Å². The maximum atomic E-state index is 12.9. The number of nitrogens with zero attached hydrogens (tertiary/aromatic N) is 2. The topological polar surface area (TPSA) is 64.0 Å². The molecule has 0 spiro atoms. The van der Waals surface area contributed by atoms with Crippen molar-refractivity contribution in [1.29, 1.82) is 0 Å². The number of alkyl halides is 3. The van der Waals surface area contributed by atoms with Crippen LogP contribution in [0.15, 0.2) is 29.3 Å². The molecule has 1 aromatic carbocycles. The van der Waals surface area contributed by atoms with Gasteiger partial charge in [-0.3, -0.25) is 14.2 Å². The number of nitrogens with one attached hydrogen (secondary N) is 1. The summed E-state index contributed by atoms with van der Waals surface area (Å²) in [5.74, 6) is -0.527. The van der Waals surface area contributed by atoms with E-state index < -0.39 is 22.7 Å². The first-order valence-electron chi connectivity index (χ1n) is 8.19. The number of hydrogen-bond acceptors (Lipinski definition) is 4. The third-order valence-electron chi connectivity index (χ3n) is 4.29. The molecule has 0 aliphatic heterocycles. The zero-order valence-electron chi connectivity index (χ0n) is 14.9. The molecule has 0 fully saturated rings. The highest BCUT2D eigenvalue weighted by Gasteiger charge is 2.33. The molecule has 148 valence electrons. The summed E-state index contributed by atoms with van der Waals surface area (Å²) >= 11 is 6.99. The Bertz CT molecular complexity index is 1120. The van der Waals surface area contributed by atoms with E-state index in [0.29, 0.717) is 10.2 Å². The van der Waals surface area contributed by atoms with Gasteiger partial charge in [0.25, 0.3) is 5.56 Å². The number of aryl methyl sites for hydroxylation is 3. The SMILES string of the molecule is Cc1sc2ncn(CCC(=O)Nc3ccc(Cl)c(C(F)(F)F)c3)c(=O)c2c1C. The lowest BCUT2D eigenvalue weighted by Crippen LogP contribution is -2.23. The second-order valence-electron chi connectivity index (χ2n) is 6.20. The molecule has 0 saturated heterocycles. The molecule has 0 aliphatic carbocycles. The fourth-order valence-corrected chi connectivity index (χ4v) is 3.91. The fourth-order valence-electron chi connectivity index (χ4n) is 2.70. The zero-order valence-corrected chi connectivity index (χ0v) is 16.4. The lowest BCUT2D eigenvalue weighted by Gasteiger charge is -2.12. The number of amides is 1. The summed E-state index contributed by atoms with van der Waals surface area (Å²) in [6.45, 7) is 3.80. The van der Waals surface area contributed by atoms with Crippen molar-refractivity contribution in [3.8, 4) is 0 Å². The predicted molar refractivity (Wildman–Crippen MR) is 103 cm³/mol. The van der Waals surface area contributed by atoms with Crippen LogP contribution in [-0.4, -0.2) is 15.5 Å². The molecule has 0 aliphatic rings. The van der Waals surface area contributed by atoms with Gasteiger partial charge < -0.3 is 5.32 Å². The van der Waals surface area contributed by atoms with Crippen molar-refractivity contribution in [2.75, 3.05) is 5.32 Å². The van der Waals surface area contributed by atoms with Crippen LogP contribution in [0.5, 0.6) is 0 Å². The molecule has 28 heavy (non-hydrogen) atoms. The van der Waals surface area contributed by atoms with Crippen LogP contribution in [0.1, 0.15) is 22.4 Å². The van der Waals surface area contributed by atoms with Crippen LogP contribution in [0.4, 0.5) is 18.9 Å². The summed E-state index contributed by atoms with van der Waals surface area (Å²) < 4.78 is 40.0. The molecule has 10 heteroatoms. The van der Waals surface area contributed by atoms with Gasteiger partial charge in [-0.1, -0.05) is 11.6 Å². The lowest BCUT2D eigenvalue weighted by molar-refractivity contribution is -0.137. The first-order chi connectivity index (χ1) is 13.1. The second kappa shape index (κ2) is 7.56. The summed E-state index contributed by atoms with van der Waals surface area (Å²) in [6.07, 6.45) is -3.35. The van der Waals surface area contributed by atoms with Crippen LogP contribution in [0.3, 0.4) is 0 Å². The maximum Gasteiger partial charge on any atom is 0.417 e. The molecule has 2 heterocycles. The molecule has 5 nitrogen and oxygen atoms in total. The monoisotopic (exact) mass is 429 g/mol. The van der Waals surface area contributed by atoms with Crippen molar-refractivity contribution in [2.45, 2.75) is 33.0 Å². The molecule has 1 amide bonds. The van der Waals surface area contributed by atoms with Gasteiger partial charge in [-0.15, -0.1) is 11.3 Å². The number of carbonyl (C=O) groups excluding carboxylic acids is 1. The third kappa shape index (κ3) is 4.05.